The summed E-state index contributed by atoms with van der Waals surface area (Å²) in [5.41, 5.74) is 4.15. The zero-order valence-corrected chi connectivity index (χ0v) is 17.7. The first kappa shape index (κ1) is 20.0. The fourth-order valence-electron chi connectivity index (χ4n) is 4.42. The third-order valence-corrected chi connectivity index (χ3v) is 6.33. The number of piperazine rings is 1. The molecule has 2 fully saturated rings. The van der Waals surface area contributed by atoms with Crippen LogP contribution in [0.4, 0.5) is 10.5 Å². The van der Waals surface area contributed by atoms with Crippen LogP contribution in [0.25, 0.3) is 11.0 Å². The van der Waals surface area contributed by atoms with Gasteiger partial charge in [0.25, 0.3) is 0 Å². The van der Waals surface area contributed by atoms with Gasteiger partial charge in [-0.3, -0.25) is 9.47 Å². The minimum Gasteiger partial charge on any atom is -0.378 e. The SMILES string of the molecule is O=C(NCCCc1ccccc1)n1cnc2c(N3CCN(C4COC4)CC3)cccc21. The Morgan fingerprint density at radius 1 is 1.03 bits per heavy atom. The van der Waals surface area contributed by atoms with E-state index in [1.165, 1.54) is 5.56 Å². The summed E-state index contributed by atoms with van der Waals surface area (Å²) in [6.07, 6.45) is 3.50. The number of aryl methyl sites for hydroxylation is 1. The molecule has 31 heavy (non-hydrogen) atoms. The number of rotatable bonds is 6. The Morgan fingerprint density at radius 3 is 2.58 bits per heavy atom. The van der Waals surface area contributed by atoms with Gasteiger partial charge < -0.3 is 15.0 Å². The Labute approximate surface area is 182 Å². The Bertz CT molecular complexity index is 1020. The number of para-hydroxylation sites is 1. The Morgan fingerprint density at radius 2 is 1.84 bits per heavy atom. The number of nitrogens with zero attached hydrogens (tertiary/aromatic N) is 4. The molecule has 0 unspecified atom stereocenters. The first-order chi connectivity index (χ1) is 15.3. The van der Waals surface area contributed by atoms with Crippen molar-refractivity contribution in [1.82, 2.24) is 19.8 Å². The number of fused-ring (bicyclic) bond motifs is 1. The lowest BCUT2D eigenvalue weighted by atomic mass is 10.1. The van der Waals surface area contributed by atoms with Crippen molar-refractivity contribution in [3.63, 3.8) is 0 Å². The van der Waals surface area contributed by atoms with Crippen molar-refractivity contribution in [3.8, 4) is 0 Å². The highest BCUT2D eigenvalue weighted by molar-refractivity contribution is 5.95. The predicted molar refractivity (Wildman–Crippen MR) is 122 cm³/mol. The molecule has 5 rings (SSSR count). The van der Waals surface area contributed by atoms with Gasteiger partial charge in [0, 0.05) is 32.7 Å². The average molecular weight is 420 g/mol. The van der Waals surface area contributed by atoms with Crippen LogP contribution >= 0.6 is 0 Å². The minimum atomic E-state index is -0.123. The predicted octanol–water partition coefficient (Wildman–Crippen LogP) is 2.75. The summed E-state index contributed by atoms with van der Waals surface area (Å²) in [6.45, 7) is 6.36. The standard InChI is InChI=1S/C24H29N5O2/c30-24(25-11-5-8-19-6-2-1-3-7-19)29-18-26-23-21(9-4-10-22(23)29)28-14-12-27(13-15-28)20-16-31-17-20/h1-4,6-7,9-10,18,20H,5,8,11-17H2,(H,25,30). The number of amides is 1. The van der Waals surface area contributed by atoms with Crippen LogP contribution in [-0.4, -0.2) is 72.5 Å². The van der Waals surface area contributed by atoms with E-state index in [9.17, 15) is 4.79 Å². The molecule has 7 nitrogen and oxygen atoms in total. The van der Waals surface area contributed by atoms with Crippen LogP contribution in [-0.2, 0) is 11.2 Å². The second-order valence-electron chi connectivity index (χ2n) is 8.29. The van der Waals surface area contributed by atoms with Gasteiger partial charge in [0.2, 0.25) is 0 Å². The second-order valence-corrected chi connectivity index (χ2v) is 8.29. The highest BCUT2D eigenvalue weighted by Crippen LogP contribution is 2.27. The smallest absolute Gasteiger partial charge is 0.327 e. The van der Waals surface area contributed by atoms with Gasteiger partial charge in [-0.25, -0.2) is 9.78 Å². The zero-order valence-electron chi connectivity index (χ0n) is 17.7. The normalized spacial score (nSPS) is 17.6. The lowest BCUT2D eigenvalue weighted by Crippen LogP contribution is -2.56. The summed E-state index contributed by atoms with van der Waals surface area (Å²) in [5, 5.41) is 3.03. The highest BCUT2D eigenvalue weighted by Gasteiger charge is 2.29. The Kier molecular flexibility index (Phi) is 5.86. The van der Waals surface area contributed by atoms with E-state index in [1.54, 1.807) is 10.9 Å². The molecule has 0 radical (unpaired) electrons. The molecule has 7 heteroatoms. The fraction of sp³-hybridized carbons (Fsp3) is 0.417. The molecule has 162 valence electrons. The van der Waals surface area contributed by atoms with Crippen LogP contribution in [0.15, 0.2) is 54.9 Å². The Balaban J connectivity index is 1.21. The molecule has 2 aliphatic heterocycles. The molecule has 0 atom stereocenters. The molecule has 0 aliphatic carbocycles. The van der Waals surface area contributed by atoms with Crippen LogP contribution in [0.2, 0.25) is 0 Å². The van der Waals surface area contributed by atoms with Gasteiger partial charge in [0.05, 0.1) is 30.5 Å². The molecular weight excluding hydrogens is 390 g/mol. The molecule has 1 amide bonds. The molecule has 1 aromatic heterocycles. The van der Waals surface area contributed by atoms with Crippen molar-refractivity contribution >= 4 is 22.8 Å². The van der Waals surface area contributed by atoms with E-state index in [0.29, 0.717) is 12.6 Å². The fourth-order valence-corrected chi connectivity index (χ4v) is 4.42. The van der Waals surface area contributed by atoms with Gasteiger partial charge in [-0.15, -0.1) is 0 Å². The van der Waals surface area contributed by atoms with E-state index in [0.717, 1.165) is 69.0 Å². The van der Waals surface area contributed by atoms with Crippen molar-refractivity contribution in [2.75, 3.05) is 50.8 Å². The number of anilines is 1. The monoisotopic (exact) mass is 419 g/mol. The van der Waals surface area contributed by atoms with Gasteiger partial charge in [-0.05, 0) is 30.5 Å². The Hall–Kier alpha value is -2.90. The molecule has 1 N–H and O–H groups in total. The zero-order chi connectivity index (χ0) is 21.0. The number of carbonyl (C=O) groups excluding carboxylic acids is 1. The number of nitrogens with one attached hydrogen (secondary N) is 1. The van der Waals surface area contributed by atoms with Crippen LogP contribution in [0.5, 0.6) is 0 Å². The summed E-state index contributed by atoms with van der Waals surface area (Å²) < 4.78 is 6.96. The quantitative estimate of drug-likeness (QED) is 0.623. The van der Waals surface area contributed by atoms with E-state index in [1.807, 2.05) is 30.3 Å². The maximum Gasteiger partial charge on any atom is 0.327 e. The number of imidazole rings is 1. The third kappa shape index (κ3) is 4.29. The number of ether oxygens (including phenoxy) is 1. The molecule has 3 aromatic rings. The lowest BCUT2D eigenvalue weighted by Gasteiger charge is -2.43. The van der Waals surface area contributed by atoms with Gasteiger partial charge in [0.1, 0.15) is 11.8 Å². The molecular formula is C24H29N5O2. The number of hydrogen-bond acceptors (Lipinski definition) is 5. The summed E-state index contributed by atoms with van der Waals surface area (Å²) in [7, 11) is 0. The molecule has 0 spiro atoms. The number of aromatic nitrogens is 2. The topological polar surface area (TPSA) is 62.6 Å². The molecule has 2 aliphatic rings. The van der Waals surface area contributed by atoms with E-state index in [4.69, 9.17) is 4.74 Å². The first-order valence-corrected chi connectivity index (χ1v) is 11.1. The molecule has 0 bridgehead atoms. The first-order valence-electron chi connectivity index (χ1n) is 11.1. The number of carbonyl (C=O) groups is 1. The van der Waals surface area contributed by atoms with Crippen LogP contribution in [0.1, 0.15) is 12.0 Å². The van der Waals surface area contributed by atoms with Crippen molar-refractivity contribution in [3.05, 3.63) is 60.4 Å². The van der Waals surface area contributed by atoms with Crippen LogP contribution < -0.4 is 10.2 Å². The van der Waals surface area contributed by atoms with Crippen LogP contribution in [0, 0.1) is 0 Å². The largest absolute Gasteiger partial charge is 0.378 e. The average Bonchev–Trinajstić information content (AvgIpc) is 3.21. The highest BCUT2D eigenvalue weighted by atomic mass is 16.5. The third-order valence-electron chi connectivity index (χ3n) is 6.33. The van der Waals surface area contributed by atoms with Gasteiger partial charge in [-0.2, -0.15) is 0 Å². The van der Waals surface area contributed by atoms with E-state index < -0.39 is 0 Å². The van der Waals surface area contributed by atoms with E-state index in [2.05, 4.69) is 38.3 Å². The number of benzene rings is 2. The molecule has 2 saturated heterocycles. The van der Waals surface area contributed by atoms with Gasteiger partial charge in [0.15, 0.2) is 0 Å². The van der Waals surface area contributed by atoms with Gasteiger partial charge >= 0.3 is 6.03 Å². The summed E-state index contributed by atoms with van der Waals surface area (Å²) >= 11 is 0. The summed E-state index contributed by atoms with van der Waals surface area (Å²) in [5.74, 6) is 0. The van der Waals surface area contributed by atoms with Crippen molar-refractivity contribution < 1.29 is 9.53 Å². The van der Waals surface area contributed by atoms with E-state index >= 15 is 0 Å². The molecule has 3 heterocycles. The van der Waals surface area contributed by atoms with Gasteiger partial charge in [-0.1, -0.05) is 36.4 Å². The van der Waals surface area contributed by atoms with Crippen molar-refractivity contribution in [2.24, 2.45) is 0 Å². The van der Waals surface area contributed by atoms with E-state index in [-0.39, 0.29) is 6.03 Å². The molecule has 2 aromatic carbocycles. The van der Waals surface area contributed by atoms with Crippen molar-refractivity contribution in [1.29, 1.82) is 0 Å². The summed E-state index contributed by atoms with van der Waals surface area (Å²) in [4.78, 5) is 22.3. The summed E-state index contributed by atoms with van der Waals surface area (Å²) in [6, 6.07) is 16.9. The lowest BCUT2D eigenvalue weighted by molar-refractivity contribution is -0.0660. The van der Waals surface area contributed by atoms with Crippen LogP contribution in [0.3, 0.4) is 0 Å². The maximum absolute atomic E-state index is 12.8. The minimum absolute atomic E-state index is 0.123. The number of hydrogen-bond donors (Lipinski definition) is 1. The second kappa shape index (κ2) is 9.08. The maximum atomic E-state index is 12.8. The van der Waals surface area contributed by atoms with Crippen molar-refractivity contribution in [2.45, 2.75) is 18.9 Å². The molecule has 0 saturated carbocycles.